The number of anilines is 1. The molecule has 0 unspecified atom stereocenters. The van der Waals surface area contributed by atoms with E-state index in [4.69, 9.17) is 10.5 Å². The van der Waals surface area contributed by atoms with Gasteiger partial charge in [-0.25, -0.2) is 4.79 Å². The van der Waals surface area contributed by atoms with E-state index in [1.807, 2.05) is 12.1 Å². The Kier molecular flexibility index (Phi) is 4.91. The van der Waals surface area contributed by atoms with Crippen molar-refractivity contribution in [2.24, 2.45) is 0 Å². The minimum absolute atomic E-state index is 0.372. The molecule has 0 saturated heterocycles. The van der Waals surface area contributed by atoms with E-state index < -0.39 is 0 Å². The number of rotatable bonds is 4. The number of ether oxygens (including phenoxy) is 1. The first kappa shape index (κ1) is 15.4. The second-order valence-corrected chi connectivity index (χ2v) is 6.13. The first-order valence-corrected chi connectivity index (χ1v) is 7.59. The van der Waals surface area contributed by atoms with Gasteiger partial charge in [-0.2, -0.15) is 0 Å². The normalized spacial score (nSPS) is 10.7. The molecule has 2 rings (SSSR count). The summed E-state index contributed by atoms with van der Waals surface area (Å²) in [5, 5.41) is 0. The summed E-state index contributed by atoms with van der Waals surface area (Å²) in [6.07, 6.45) is 0. The standard InChI is InChI=1S/C17H19NO2S/c1-11(2)12-7-9-13(10-8-12)21-16-14(17(19)20-3)5-4-6-15(16)18/h4-11H,18H2,1-3H3. The number of carbonyl (C=O) groups is 1. The van der Waals surface area contributed by atoms with E-state index in [1.165, 1.54) is 24.4 Å². The van der Waals surface area contributed by atoms with Gasteiger partial charge in [0.05, 0.1) is 12.7 Å². The van der Waals surface area contributed by atoms with Crippen LogP contribution in [-0.2, 0) is 4.74 Å². The van der Waals surface area contributed by atoms with Crippen molar-refractivity contribution in [2.75, 3.05) is 12.8 Å². The van der Waals surface area contributed by atoms with Crippen LogP contribution in [0.25, 0.3) is 0 Å². The molecule has 0 aliphatic rings. The van der Waals surface area contributed by atoms with Gasteiger partial charge in [-0.05, 0) is 35.7 Å². The average Bonchev–Trinajstić information content (AvgIpc) is 2.49. The van der Waals surface area contributed by atoms with Crippen LogP contribution in [0.5, 0.6) is 0 Å². The predicted octanol–water partition coefficient (Wildman–Crippen LogP) is 4.33. The minimum atomic E-state index is -0.372. The van der Waals surface area contributed by atoms with Crippen LogP contribution in [0, 0.1) is 0 Å². The van der Waals surface area contributed by atoms with Gasteiger partial charge >= 0.3 is 5.97 Å². The van der Waals surface area contributed by atoms with Crippen molar-refractivity contribution in [2.45, 2.75) is 29.6 Å². The maximum absolute atomic E-state index is 11.8. The lowest BCUT2D eigenvalue weighted by Crippen LogP contribution is -2.05. The van der Waals surface area contributed by atoms with Crippen LogP contribution in [0.4, 0.5) is 5.69 Å². The van der Waals surface area contributed by atoms with Crippen molar-refractivity contribution in [3.8, 4) is 0 Å². The summed E-state index contributed by atoms with van der Waals surface area (Å²) in [5.41, 5.74) is 8.37. The molecule has 0 fully saturated rings. The zero-order valence-electron chi connectivity index (χ0n) is 12.4. The highest BCUT2D eigenvalue weighted by atomic mass is 32.2. The first-order chi connectivity index (χ1) is 10.0. The van der Waals surface area contributed by atoms with Crippen LogP contribution >= 0.6 is 11.8 Å². The van der Waals surface area contributed by atoms with Crippen LogP contribution in [0.15, 0.2) is 52.3 Å². The summed E-state index contributed by atoms with van der Waals surface area (Å²) >= 11 is 1.48. The van der Waals surface area contributed by atoms with Crippen molar-refractivity contribution >= 4 is 23.4 Å². The Morgan fingerprint density at radius 3 is 2.38 bits per heavy atom. The lowest BCUT2D eigenvalue weighted by Gasteiger charge is -2.11. The molecule has 0 spiro atoms. The van der Waals surface area contributed by atoms with Crippen molar-refractivity contribution in [3.63, 3.8) is 0 Å². The van der Waals surface area contributed by atoms with Gasteiger partial charge in [0.1, 0.15) is 0 Å². The summed E-state index contributed by atoms with van der Waals surface area (Å²) < 4.78 is 4.81. The van der Waals surface area contributed by atoms with Crippen LogP contribution in [0.3, 0.4) is 0 Å². The zero-order chi connectivity index (χ0) is 15.4. The number of nitrogen functional groups attached to an aromatic ring is 1. The topological polar surface area (TPSA) is 52.3 Å². The van der Waals surface area contributed by atoms with Gasteiger partial charge in [-0.3, -0.25) is 0 Å². The maximum Gasteiger partial charge on any atom is 0.339 e. The van der Waals surface area contributed by atoms with E-state index in [-0.39, 0.29) is 5.97 Å². The summed E-state index contributed by atoms with van der Waals surface area (Å²) in [7, 11) is 1.37. The minimum Gasteiger partial charge on any atom is -0.465 e. The Morgan fingerprint density at radius 2 is 1.81 bits per heavy atom. The highest BCUT2D eigenvalue weighted by molar-refractivity contribution is 7.99. The van der Waals surface area contributed by atoms with Gasteiger partial charge in [0.25, 0.3) is 0 Å². The number of methoxy groups -OCH3 is 1. The van der Waals surface area contributed by atoms with E-state index in [2.05, 4.69) is 26.0 Å². The van der Waals surface area contributed by atoms with E-state index in [1.54, 1.807) is 18.2 Å². The molecular weight excluding hydrogens is 282 g/mol. The number of benzene rings is 2. The molecule has 0 aliphatic heterocycles. The average molecular weight is 301 g/mol. The molecule has 0 amide bonds. The Morgan fingerprint density at radius 1 is 1.14 bits per heavy atom. The van der Waals surface area contributed by atoms with Gasteiger partial charge in [0, 0.05) is 15.5 Å². The van der Waals surface area contributed by atoms with Gasteiger partial charge in [-0.1, -0.05) is 43.8 Å². The SMILES string of the molecule is COC(=O)c1cccc(N)c1Sc1ccc(C(C)C)cc1. The fourth-order valence-corrected chi connectivity index (χ4v) is 2.93. The van der Waals surface area contributed by atoms with E-state index in [0.29, 0.717) is 17.2 Å². The summed E-state index contributed by atoms with van der Waals surface area (Å²) in [4.78, 5) is 13.6. The Hall–Kier alpha value is -1.94. The molecule has 0 saturated carbocycles. The molecule has 2 N–H and O–H groups in total. The van der Waals surface area contributed by atoms with Crippen LogP contribution < -0.4 is 5.73 Å². The lowest BCUT2D eigenvalue weighted by atomic mass is 10.0. The number of esters is 1. The molecule has 0 radical (unpaired) electrons. The number of nitrogens with two attached hydrogens (primary N) is 1. The summed E-state index contributed by atoms with van der Waals surface area (Å²) in [6, 6.07) is 13.6. The van der Waals surface area contributed by atoms with Gasteiger partial charge in [0.2, 0.25) is 0 Å². The first-order valence-electron chi connectivity index (χ1n) is 6.77. The molecule has 2 aromatic rings. The van der Waals surface area contributed by atoms with Crippen LogP contribution in [0.1, 0.15) is 35.7 Å². The van der Waals surface area contributed by atoms with E-state index >= 15 is 0 Å². The molecular formula is C17H19NO2S. The smallest absolute Gasteiger partial charge is 0.339 e. The molecule has 21 heavy (non-hydrogen) atoms. The molecule has 4 heteroatoms. The van der Waals surface area contributed by atoms with Crippen molar-refractivity contribution in [3.05, 3.63) is 53.6 Å². The van der Waals surface area contributed by atoms with Gasteiger partial charge < -0.3 is 10.5 Å². The van der Waals surface area contributed by atoms with Gasteiger partial charge in [0.15, 0.2) is 0 Å². The van der Waals surface area contributed by atoms with E-state index in [9.17, 15) is 4.79 Å². The molecule has 0 heterocycles. The van der Waals surface area contributed by atoms with E-state index in [0.717, 1.165) is 9.79 Å². The van der Waals surface area contributed by atoms with Gasteiger partial charge in [-0.15, -0.1) is 0 Å². The number of hydrogen-bond donors (Lipinski definition) is 1. The fraction of sp³-hybridized carbons (Fsp3) is 0.235. The monoisotopic (exact) mass is 301 g/mol. The number of hydrogen-bond acceptors (Lipinski definition) is 4. The highest BCUT2D eigenvalue weighted by Gasteiger charge is 2.15. The highest BCUT2D eigenvalue weighted by Crippen LogP contribution is 2.35. The molecule has 0 aromatic heterocycles. The number of carbonyl (C=O) groups excluding carboxylic acids is 1. The molecule has 0 aliphatic carbocycles. The summed E-state index contributed by atoms with van der Waals surface area (Å²) in [6.45, 7) is 4.32. The molecule has 3 nitrogen and oxygen atoms in total. The lowest BCUT2D eigenvalue weighted by molar-refractivity contribution is 0.0597. The molecule has 110 valence electrons. The molecule has 0 atom stereocenters. The zero-order valence-corrected chi connectivity index (χ0v) is 13.2. The Labute approximate surface area is 129 Å². The van der Waals surface area contributed by atoms with Crippen LogP contribution in [-0.4, -0.2) is 13.1 Å². The predicted molar refractivity (Wildman–Crippen MR) is 86.8 cm³/mol. The largest absolute Gasteiger partial charge is 0.465 e. The third-order valence-corrected chi connectivity index (χ3v) is 4.39. The van der Waals surface area contributed by atoms with Crippen molar-refractivity contribution < 1.29 is 9.53 Å². The Balaban J connectivity index is 2.32. The molecule has 0 bridgehead atoms. The Bertz CT molecular complexity index is 636. The summed E-state index contributed by atoms with van der Waals surface area (Å²) in [5.74, 6) is 0.125. The second kappa shape index (κ2) is 6.68. The molecule has 2 aromatic carbocycles. The third kappa shape index (κ3) is 3.58. The second-order valence-electron chi connectivity index (χ2n) is 5.04. The quantitative estimate of drug-likeness (QED) is 0.674. The fourth-order valence-electron chi connectivity index (χ4n) is 1.98. The van der Waals surface area contributed by atoms with Crippen molar-refractivity contribution in [1.29, 1.82) is 0 Å². The maximum atomic E-state index is 11.8. The van der Waals surface area contributed by atoms with Crippen LogP contribution in [0.2, 0.25) is 0 Å². The van der Waals surface area contributed by atoms with Crippen molar-refractivity contribution in [1.82, 2.24) is 0 Å². The third-order valence-electron chi connectivity index (χ3n) is 3.22.